The first kappa shape index (κ1) is 15.6. The highest BCUT2D eigenvalue weighted by molar-refractivity contribution is 7.17. The number of carbonyl (C=O) groups is 1. The summed E-state index contributed by atoms with van der Waals surface area (Å²) >= 11 is 1.67. The molecule has 4 aromatic rings. The lowest BCUT2D eigenvalue weighted by Gasteiger charge is -2.07. The van der Waals surface area contributed by atoms with Crippen molar-refractivity contribution in [3.63, 3.8) is 0 Å². The quantitative estimate of drug-likeness (QED) is 0.588. The first-order chi connectivity index (χ1) is 12.2. The van der Waals surface area contributed by atoms with Crippen LogP contribution in [0.2, 0.25) is 0 Å². The fraction of sp³-hybridized carbons (Fsp3) is 0.100. The molecule has 4 rings (SSSR count). The van der Waals surface area contributed by atoms with E-state index in [4.69, 9.17) is 0 Å². The largest absolute Gasteiger partial charge is 0.326 e. The van der Waals surface area contributed by atoms with Crippen molar-refractivity contribution in [1.82, 2.24) is 9.38 Å². The van der Waals surface area contributed by atoms with E-state index in [9.17, 15) is 4.79 Å². The van der Waals surface area contributed by atoms with Crippen LogP contribution in [0.4, 0.5) is 5.69 Å². The number of imidazole rings is 1. The van der Waals surface area contributed by atoms with Gasteiger partial charge in [0, 0.05) is 28.5 Å². The monoisotopic (exact) mass is 347 g/mol. The Balaban J connectivity index is 1.52. The van der Waals surface area contributed by atoms with Crippen LogP contribution in [-0.2, 0) is 11.2 Å². The van der Waals surface area contributed by atoms with Gasteiger partial charge < -0.3 is 5.32 Å². The van der Waals surface area contributed by atoms with Gasteiger partial charge in [-0.2, -0.15) is 0 Å². The van der Waals surface area contributed by atoms with Crippen LogP contribution < -0.4 is 5.32 Å². The highest BCUT2D eigenvalue weighted by Crippen LogP contribution is 2.25. The fourth-order valence-electron chi connectivity index (χ4n) is 2.79. The second kappa shape index (κ2) is 6.53. The number of nitrogens with one attached hydrogen (secondary N) is 1. The predicted molar refractivity (Wildman–Crippen MR) is 102 cm³/mol. The third-order valence-corrected chi connectivity index (χ3v) is 4.83. The number of hydrogen-bond acceptors (Lipinski definition) is 3. The second-order valence-corrected chi connectivity index (χ2v) is 7.16. The molecular weight excluding hydrogens is 330 g/mol. The van der Waals surface area contributed by atoms with Crippen molar-refractivity contribution < 1.29 is 4.79 Å². The van der Waals surface area contributed by atoms with Gasteiger partial charge in [-0.25, -0.2) is 4.98 Å². The van der Waals surface area contributed by atoms with E-state index < -0.39 is 0 Å². The summed E-state index contributed by atoms with van der Waals surface area (Å²) in [4.78, 5) is 19.1. The molecule has 2 heterocycles. The topological polar surface area (TPSA) is 46.4 Å². The maximum absolute atomic E-state index is 12.2. The van der Waals surface area contributed by atoms with Gasteiger partial charge in [0.1, 0.15) is 0 Å². The van der Waals surface area contributed by atoms with Crippen LogP contribution in [0.25, 0.3) is 16.2 Å². The lowest BCUT2D eigenvalue weighted by atomic mass is 10.1. The lowest BCUT2D eigenvalue weighted by Crippen LogP contribution is -2.14. The normalized spacial score (nSPS) is 10.9. The lowest BCUT2D eigenvalue weighted by molar-refractivity contribution is -0.115. The molecule has 2 aromatic heterocycles. The summed E-state index contributed by atoms with van der Waals surface area (Å²) in [6.45, 7) is 2.07. The zero-order valence-electron chi connectivity index (χ0n) is 13.8. The average molecular weight is 347 g/mol. The molecule has 0 spiro atoms. The molecule has 1 N–H and O–H groups in total. The molecule has 124 valence electrons. The summed E-state index contributed by atoms with van der Waals surface area (Å²) in [5, 5.41) is 2.97. The number of fused-ring (bicyclic) bond motifs is 1. The number of benzene rings is 2. The third-order valence-electron chi connectivity index (χ3n) is 3.92. The molecule has 0 atom stereocenters. The molecular formula is C20H17N3OS. The molecule has 1 amide bonds. The van der Waals surface area contributed by atoms with Crippen molar-refractivity contribution in [2.45, 2.75) is 13.3 Å². The van der Waals surface area contributed by atoms with E-state index in [2.05, 4.69) is 23.4 Å². The van der Waals surface area contributed by atoms with Crippen LogP contribution in [0.3, 0.4) is 0 Å². The minimum absolute atomic E-state index is 0.0233. The zero-order valence-corrected chi connectivity index (χ0v) is 14.6. The Morgan fingerprint density at radius 2 is 1.96 bits per heavy atom. The van der Waals surface area contributed by atoms with Crippen molar-refractivity contribution in [3.8, 4) is 11.3 Å². The molecule has 0 saturated heterocycles. The molecule has 25 heavy (non-hydrogen) atoms. The maximum Gasteiger partial charge on any atom is 0.228 e. The highest BCUT2D eigenvalue weighted by Gasteiger charge is 2.09. The first-order valence-corrected chi connectivity index (χ1v) is 8.88. The SMILES string of the molecule is Cc1cn2cc(-c3cccc(NC(=O)Cc4ccccc4)c3)nc2s1. The van der Waals surface area contributed by atoms with Crippen molar-refractivity contribution in [1.29, 1.82) is 0 Å². The smallest absolute Gasteiger partial charge is 0.228 e. The summed E-state index contributed by atoms with van der Waals surface area (Å²) in [6, 6.07) is 17.5. The molecule has 5 heteroatoms. The Morgan fingerprint density at radius 3 is 2.76 bits per heavy atom. The van der Waals surface area contributed by atoms with Gasteiger partial charge in [0.05, 0.1) is 12.1 Å². The standard InChI is InChI=1S/C20H17N3OS/c1-14-12-23-13-18(22-20(23)25-14)16-8-5-9-17(11-16)21-19(24)10-15-6-3-2-4-7-15/h2-9,11-13H,10H2,1H3,(H,21,24). The summed E-state index contributed by atoms with van der Waals surface area (Å²) in [6.07, 6.45) is 4.45. The number of aryl methyl sites for hydroxylation is 1. The number of amides is 1. The van der Waals surface area contributed by atoms with E-state index in [1.165, 1.54) is 4.88 Å². The third kappa shape index (κ3) is 3.46. The summed E-state index contributed by atoms with van der Waals surface area (Å²) in [5.41, 5.74) is 3.68. The van der Waals surface area contributed by atoms with Gasteiger partial charge in [0.25, 0.3) is 0 Å². The molecule has 0 aliphatic heterocycles. The Kier molecular flexibility index (Phi) is 4.07. The van der Waals surface area contributed by atoms with Crippen molar-refractivity contribution in [2.24, 2.45) is 0 Å². The number of nitrogens with zero attached hydrogens (tertiary/aromatic N) is 2. The number of anilines is 1. The Morgan fingerprint density at radius 1 is 1.12 bits per heavy atom. The second-order valence-electron chi connectivity index (χ2n) is 5.95. The van der Waals surface area contributed by atoms with Gasteiger partial charge in [-0.05, 0) is 24.6 Å². The number of carbonyl (C=O) groups excluding carboxylic acids is 1. The number of thiazole rings is 1. The van der Waals surface area contributed by atoms with Crippen LogP contribution in [-0.4, -0.2) is 15.3 Å². The first-order valence-electron chi connectivity index (χ1n) is 8.07. The maximum atomic E-state index is 12.2. The van der Waals surface area contributed by atoms with Crippen LogP contribution in [0.15, 0.2) is 67.0 Å². The molecule has 4 nitrogen and oxygen atoms in total. The van der Waals surface area contributed by atoms with Crippen LogP contribution in [0.1, 0.15) is 10.4 Å². The van der Waals surface area contributed by atoms with Gasteiger partial charge in [0.2, 0.25) is 5.91 Å². The molecule has 0 radical (unpaired) electrons. The number of aromatic nitrogens is 2. The number of rotatable bonds is 4. The molecule has 0 bridgehead atoms. The highest BCUT2D eigenvalue weighted by atomic mass is 32.1. The molecule has 0 aliphatic rings. The number of hydrogen-bond donors (Lipinski definition) is 1. The molecule has 0 aliphatic carbocycles. The molecule has 0 fully saturated rings. The van der Waals surface area contributed by atoms with Gasteiger partial charge >= 0.3 is 0 Å². The van der Waals surface area contributed by atoms with E-state index in [0.29, 0.717) is 6.42 Å². The summed E-state index contributed by atoms with van der Waals surface area (Å²) in [7, 11) is 0. The van der Waals surface area contributed by atoms with Crippen molar-refractivity contribution in [3.05, 3.63) is 77.4 Å². The van der Waals surface area contributed by atoms with Crippen LogP contribution in [0.5, 0.6) is 0 Å². The van der Waals surface area contributed by atoms with Gasteiger partial charge in [-0.1, -0.05) is 42.5 Å². The van der Waals surface area contributed by atoms with E-state index in [0.717, 1.165) is 27.5 Å². The Labute approximate surface area is 149 Å². The van der Waals surface area contributed by atoms with Gasteiger partial charge in [-0.15, -0.1) is 11.3 Å². The van der Waals surface area contributed by atoms with E-state index >= 15 is 0 Å². The minimum atomic E-state index is -0.0233. The van der Waals surface area contributed by atoms with Crippen molar-refractivity contribution in [2.75, 3.05) is 5.32 Å². The fourth-order valence-corrected chi connectivity index (χ4v) is 3.60. The summed E-state index contributed by atoms with van der Waals surface area (Å²) in [5.74, 6) is -0.0233. The predicted octanol–water partition coefficient (Wildman–Crippen LogP) is 4.55. The van der Waals surface area contributed by atoms with Gasteiger partial charge in [0.15, 0.2) is 4.96 Å². The minimum Gasteiger partial charge on any atom is -0.326 e. The van der Waals surface area contributed by atoms with Crippen molar-refractivity contribution >= 4 is 27.9 Å². The van der Waals surface area contributed by atoms with E-state index in [1.54, 1.807) is 11.3 Å². The van der Waals surface area contributed by atoms with Gasteiger partial charge in [-0.3, -0.25) is 9.20 Å². The zero-order chi connectivity index (χ0) is 17.2. The average Bonchev–Trinajstić information content (AvgIpc) is 3.13. The molecule has 0 unspecified atom stereocenters. The van der Waals surface area contributed by atoms with Crippen LogP contribution >= 0.6 is 11.3 Å². The van der Waals surface area contributed by atoms with E-state index in [1.807, 2.05) is 65.2 Å². The Bertz CT molecular complexity index is 1000. The summed E-state index contributed by atoms with van der Waals surface area (Å²) < 4.78 is 2.04. The Hall–Kier alpha value is -2.92. The molecule has 2 aromatic carbocycles. The van der Waals surface area contributed by atoms with Crippen LogP contribution in [0, 0.1) is 6.92 Å². The molecule has 0 saturated carbocycles. The van der Waals surface area contributed by atoms with E-state index in [-0.39, 0.29) is 5.91 Å².